The van der Waals surface area contributed by atoms with Crippen LogP contribution in [0.5, 0.6) is 23.0 Å². The van der Waals surface area contributed by atoms with Crippen LogP contribution in [-0.2, 0) is 23.7 Å². The summed E-state index contributed by atoms with van der Waals surface area (Å²) in [5.74, 6) is -2.29. The average molecular weight is 727 g/mol. The summed E-state index contributed by atoms with van der Waals surface area (Å²) in [5, 5.41) is 114. The number of aromatic hydroxyl groups is 3. The molecule has 1 aromatic heterocycles. The van der Waals surface area contributed by atoms with E-state index in [0.29, 0.717) is 0 Å². The van der Waals surface area contributed by atoms with Gasteiger partial charge in [0.05, 0.1) is 19.3 Å². The highest BCUT2D eigenvalue weighted by molar-refractivity contribution is 5.88. The molecule has 0 unspecified atom stereocenters. The Morgan fingerprint density at radius 3 is 2.10 bits per heavy atom. The molecule has 3 saturated heterocycles. The second kappa shape index (κ2) is 14.8. The van der Waals surface area contributed by atoms with Crippen LogP contribution in [0.1, 0.15) is 6.92 Å². The number of fused-ring (bicyclic) bond motifs is 1. The number of aliphatic hydroxyl groups excluding tert-OH is 8. The average Bonchev–Trinajstić information content (AvgIpc) is 3.09. The third-order valence-corrected chi connectivity index (χ3v) is 8.92. The predicted octanol–water partition coefficient (Wildman–Crippen LogP) is -2.93. The molecule has 3 fully saturated rings. The Labute approximate surface area is 287 Å². The van der Waals surface area contributed by atoms with E-state index in [-0.39, 0.29) is 22.7 Å². The third-order valence-electron chi connectivity index (χ3n) is 8.92. The van der Waals surface area contributed by atoms with Crippen molar-refractivity contribution in [2.24, 2.45) is 0 Å². The summed E-state index contributed by atoms with van der Waals surface area (Å²) in [7, 11) is 0. The van der Waals surface area contributed by atoms with Crippen LogP contribution in [0.4, 0.5) is 0 Å². The number of ether oxygens (including phenoxy) is 6. The monoisotopic (exact) mass is 726 g/mol. The zero-order chi connectivity index (χ0) is 36.9. The van der Waals surface area contributed by atoms with Crippen molar-refractivity contribution >= 4 is 11.0 Å². The molecule has 0 bridgehead atoms. The van der Waals surface area contributed by atoms with Crippen molar-refractivity contribution < 1.29 is 89.0 Å². The van der Waals surface area contributed by atoms with Crippen molar-refractivity contribution in [3.05, 3.63) is 46.6 Å². The summed E-state index contributed by atoms with van der Waals surface area (Å²) in [6, 6.07) is 7.14. The Morgan fingerprint density at radius 2 is 1.41 bits per heavy atom. The number of benzene rings is 2. The molecular formula is C32H38O19. The molecule has 3 aliphatic heterocycles. The lowest BCUT2D eigenvalue weighted by molar-refractivity contribution is -0.377. The van der Waals surface area contributed by atoms with Gasteiger partial charge in [-0.2, -0.15) is 0 Å². The summed E-state index contributed by atoms with van der Waals surface area (Å²) in [6.07, 6.45) is -24.1. The van der Waals surface area contributed by atoms with E-state index >= 15 is 0 Å². The van der Waals surface area contributed by atoms with Crippen molar-refractivity contribution in [2.75, 3.05) is 13.2 Å². The Morgan fingerprint density at radius 1 is 0.745 bits per heavy atom. The minimum absolute atomic E-state index is 0.132. The molecule has 3 aliphatic rings. The lowest BCUT2D eigenvalue weighted by Crippen LogP contribution is -2.66. The van der Waals surface area contributed by atoms with E-state index in [9.17, 15) is 61.0 Å². The van der Waals surface area contributed by atoms with E-state index in [1.54, 1.807) is 0 Å². The van der Waals surface area contributed by atoms with Crippen molar-refractivity contribution in [3.8, 4) is 34.3 Å². The fourth-order valence-corrected chi connectivity index (χ4v) is 6.07. The largest absolute Gasteiger partial charge is 0.508 e. The van der Waals surface area contributed by atoms with Crippen LogP contribution in [0.2, 0.25) is 0 Å². The van der Waals surface area contributed by atoms with Gasteiger partial charge in [-0.15, -0.1) is 0 Å². The number of phenolic OH excluding ortho intramolecular Hbond substituents is 3. The maximum atomic E-state index is 14.1. The van der Waals surface area contributed by atoms with E-state index in [1.165, 1.54) is 31.2 Å². The minimum Gasteiger partial charge on any atom is -0.508 e. The molecule has 0 spiro atoms. The molecule has 14 atom stereocenters. The lowest BCUT2D eigenvalue weighted by Gasteiger charge is -2.48. The SMILES string of the molecule is C[C@@H]1O[C@@H](O[C@H]2[C@H](O)[C@@H](CO)O[C@H](Oc3c(-c4ccc(O)cc4)oc4cc(O)cc(O)c4c3=O)[C@@H]2O[C@@H]2OC[C@@H](O)[C@H](O)[C@H]2O)[C@H](O)[C@H](O)[C@H]1O. The smallest absolute Gasteiger partial charge is 0.239 e. The van der Waals surface area contributed by atoms with Crippen molar-refractivity contribution in [2.45, 2.75) is 92.9 Å². The summed E-state index contributed by atoms with van der Waals surface area (Å²) < 4.78 is 40.6. The number of rotatable bonds is 8. The Hall–Kier alpha value is -3.67. The van der Waals surface area contributed by atoms with E-state index in [2.05, 4.69) is 0 Å². The third kappa shape index (κ3) is 7.09. The fraction of sp³-hybridized carbons (Fsp3) is 0.531. The number of hydrogen-bond acceptors (Lipinski definition) is 19. The molecule has 280 valence electrons. The van der Waals surface area contributed by atoms with Gasteiger partial charge in [0.1, 0.15) is 83.2 Å². The van der Waals surface area contributed by atoms with Gasteiger partial charge in [-0.3, -0.25) is 4.79 Å². The quantitative estimate of drug-likeness (QED) is 0.111. The van der Waals surface area contributed by atoms with Gasteiger partial charge in [-0.25, -0.2) is 0 Å². The lowest BCUT2D eigenvalue weighted by atomic mass is 9.96. The maximum Gasteiger partial charge on any atom is 0.239 e. The Bertz CT molecular complexity index is 1730. The zero-order valence-electron chi connectivity index (χ0n) is 26.6. The molecule has 11 N–H and O–H groups in total. The maximum absolute atomic E-state index is 14.1. The molecule has 0 radical (unpaired) electrons. The molecule has 3 aromatic rings. The van der Waals surface area contributed by atoms with Crippen LogP contribution >= 0.6 is 0 Å². The van der Waals surface area contributed by atoms with Crippen LogP contribution in [0.15, 0.2) is 45.6 Å². The standard InChI is InChI=1S/C32H38O19/c1-10-19(38)23(42)25(44)31(46-10)49-27-21(40)17(8-33)48-32(29(27)51-30-24(43)20(39)15(37)9-45-30)50-28-22(41)18-14(36)6-13(35)7-16(18)47-26(28)11-2-4-12(34)5-3-11/h2-7,10,15,17,19-21,23-25,27,29-40,42-44H,8-9H2,1H3/t10-,15+,17+,19-,20-,21+,23+,24+,25+,27-,29+,30-,31-,32+/m0/s1. The van der Waals surface area contributed by atoms with Crippen LogP contribution in [-0.4, -0.2) is 155 Å². The topological polar surface area (TPSA) is 308 Å². The van der Waals surface area contributed by atoms with E-state index in [0.717, 1.165) is 12.1 Å². The second-order valence-electron chi connectivity index (χ2n) is 12.4. The molecule has 4 heterocycles. The highest BCUT2D eigenvalue weighted by atomic mass is 16.8. The molecule has 0 amide bonds. The van der Waals surface area contributed by atoms with Gasteiger partial charge in [0.2, 0.25) is 17.5 Å². The predicted molar refractivity (Wildman–Crippen MR) is 165 cm³/mol. The molecule has 19 nitrogen and oxygen atoms in total. The van der Waals surface area contributed by atoms with Gasteiger partial charge < -0.3 is 89.0 Å². The number of aliphatic hydroxyl groups is 8. The van der Waals surface area contributed by atoms with E-state index < -0.39 is 127 Å². The molecule has 0 aliphatic carbocycles. The molecular weight excluding hydrogens is 688 g/mol. The Kier molecular flexibility index (Phi) is 10.7. The van der Waals surface area contributed by atoms with E-state index in [1.807, 2.05) is 0 Å². The van der Waals surface area contributed by atoms with Gasteiger partial charge >= 0.3 is 0 Å². The molecule has 6 rings (SSSR count). The first-order chi connectivity index (χ1) is 24.2. The molecule has 19 heteroatoms. The van der Waals surface area contributed by atoms with Crippen molar-refractivity contribution in [1.29, 1.82) is 0 Å². The highest BCUT2D eigenvalue weighted by Crippen LogP contribution is 2.39. The fourth-order valence-electron chi connectivity index (χ4n) is 6.07. The van der Waals surface area contributed by atoms with Gasteiger partial charge in [0, 0.05) is 17.7 Å². The van der Waals surface area contributed by atoms with E-state index in [4.69, 9.17) is 32.8 Å². The molecule has 0 saturated carbocycles. The summed E-state index contributed by atoms with van der Waals surface area (Å²) in [6.45, 7) is -0.0677. The summed E-state index contributed by atoms with van der Waals surface area (Å²) in [4.78, 5) is 14.1. The molecule has 51 heavy (non-hydrogen) atoms. The van der Waals surface area contributed by atoms with Gasteiger partial charge in [-0.05, 0) is 31.2 Å². The van der Waals surface area contributed by atoms with Crippen LogP contribution in [0.3, 0.4) is 0 Å². The minimum atomic E-state index is -1.94. The first-order valence-corrected chi connectivity index (χ1v) is 15.8. The number of phenols is 3. The first-order valence-electron chi connectivity index (χ1n) is 15.8. The van der Waals surface area contributed by atoms with Crippen LogP contribution < -0.4 is 10.2 Å². The normalized spacial score (nSPS) is 37.4. The van der Waals surface area contributed by atoms with Gasteiger partial charge in [0.15, 0.2) is 24.4 Å². The highest BCUT2D eigenvalue weighted by Gasteiger charge is 2.54. The van der Waals surface area contributed by atoms with Crippen LogP contribution in [0.25, 0.3) is 22.3 Å². The summed E-state index contributed by atoms with van der Waals surface area (Å²) >= 11 is 0. The first kappa shape index (κ1) is 37.1. The molecule has 2 aromatic carbocycles. The van der Waals surface area contributed by atoms with Crippen LogP contribution in [0, 0.1) is 0 Å². The second-order valence-corrected chi connectivity index (χ2v) is 12.4. The van der Waals surface area contributed by atoms with Gasteiger partial charge in [-0.1, -0.05) is 0 Å². The summed E-state index contributed by atoms with van der Waals surface area (Å²) in [5.41, 5.74) is -1.17. The van der Waals surface area contributed by atoms with Crippen molar-refractivity contribution in [1.82, 2.24) is 0 Å². The van der Waals surface area contributed by atoms with Crippen molar-refractivity contribution in [3.63, 3.8) is 0 Å². The Balaban J connectivity index is 1.46. The number of hydrogen-bond donors (Lipinski definition) is 11. The zero-order valence-corrected chi connectivity index (χ0v) is 26.6. The van der Waals surface area contributed by atoms with Gasteiger partial charge in [0.25, 0.3) is 0 Å².